The molecule has 1 nitrogen and oxygen atoms in total. The lowest BCUT2D eigenvalue weighted by molar-refractivity contribution is 0.261. The zero-order chi connectivity index (χ0) is 10.4. The molecule has 0 radical (unpaired) electrons. The van der Waals surface area contributed by atoms with E-state index in [1.54, 1.807) is 0 Å². The van der Waals surface area contributed by atoms with Crippen LogP contribution < -0.4 is 5.32 Å². The van der Waals surface area contributed by atoms with Crippen molar-refractivity contribution in [2.75, 3.05) is 13.6 Å². The van der Waals surface area contributed by atoms with E-state index in [0.29, 0.717) is 0 Å². The second-order valence-corrected chi connectivity index (χ2v) is 5.35. The van der Waals surface area contributed by atoms with E-state index in [-0.39, 0.29) is 0 Å². The second kappa shape index (κ2) is 6.44. The van der Waals surface area contributed by atoms with Gasteiger partial charge in [-0.1, -0.05) is 39.5 Å². The lowest BCUT2D eigenvalue weighted by atomic mass is 9.82. The summed E-state index contributed by atoms with van der Waals surface area (Å²) < 4.78 is 0. The van der Waals surface area contributed by atoms with Crippen molar-refractivity contribution in [3.63, 3.8) is 0 Å². The van der Waals surface area contributed by atoms with Crippen molar-refractivity contribution in [3.05, 3.63) is 0 Å². The van der Waals surface area contributed by atoms with Crippen LogP contribution in [0.1, 0.15) is 52.4 Å². The van der Waals surface area contributed by atoms with Gasteiger partial charge < -0.3 is 5.32 Å². The highest BCUT2D eigenvalue weighted by molar-refractivity contribution is 4.76. The standard InChI is InChI=1S/C13H27N/c1-11(2)9-12-7-5-4-6-8-13(12)10-14-3/h11-14H,4-10H2,1-3H3. The first kappa shape index (κ1) is 12.0. The van der Waals surface area contributed by atoms with Gasteiger partial charge in [-0.15, -0.1) is 0 Å². The molecule has 1 aliphatic rings. The molecule has 0 aromatic heterocycles. The third-order valence-electron chi connectivity index (χ3n) is 3.56. The molecular formula is C13H27N. The highest BCUT2D eigenvalue weighted by atomic mass is 14.8. The van der Waals surface area contributed by atoms with E-state index in [4.69, 9.17) is 0 Å². The number of hydrogen-bond acceptors (Lipinski definition) is 1. The summed E-state index contributed by atoms with van der Waals surface area (Å²) in [7, 11) is 2.09. The Kier molecular flexibility index (Phi) is 5.54. The van der Waals surface area contributed by atoms with Crippen molar-refractivity contribution in [2.24, 2.45) is 17.8 Å². The molecule has 1 rings (SSSR count). The Morgan fingerprint density at radius 2 is 1.71 bits per heavy atom. The van der Waals surface area contributed by atoms with Crippen molar-refractivity contribution in [1.82, 2.24) is 5.32 Å². The van der Waals surface area contributed by atoms with Crippen molar-refractivity contribution in [1.29, 1.82) is 0 Å². The monoisotopic (exact) mass is 197 g/mol. The maximum atomic E-state index is 3.37. The van der Waals surface area contributed by atoms with Crippen molar-refractivity contribution in [2.45, 2.75) is 52.4 Å². The van der Waals surface area contributed by atoms with Crippen molar-refractivity contribution in [3.8, 4) is 0 Å². The molecule has 1 saturated carbocycles. The van der Waals surface area contributed by atoms with Gasteiger partial charge in [0.15, 0.2) is 0 Å². The first-order valence-electron chi connectivity index (χ1n) is 6.38. The average molecular weight is 197 g/mol. The minimum absolute atomic E-state index is 0.873. The molecule has 0 spiro atoms. The summed E-state index contributed by atoms with van der Waals surface area (Å²) in [4.78, 5) is 0. The molecule has 0 aliphatic heterocycles. The molecule has 14 heavy (non-hydrogen) atoms. The Balaban J connectivity index is 2.45. The minimum atomic E-state index is 0.873. The molecule has 2 unspecified atom stereocenters. The molecule has 1 aliphatic carbocycles. The van der Waals surface area contributed by atoms with Crippen LogP contribution in [-0.2, 0) is 0 Å². The van der Waals surface area contributed by atoms with Gasteiger partial charge >= 0.3 is 0 Å². The van der Waals surface area contributed by atoms with Crippen LogP contribution in [0.15, 0.2) is 0 Å². The van der Waals surface area contributed by atoms with E-state index in [0.717, 1.165) is 17.8 Å². The molecule has 0 heterocycles. The highest BCUT2D eigenvalue weighted by Gasteiger charge is 2.23. The molecule has 84 valence electrons. The lowest BCUT2D eigenvalue weighted by Gasteiger charge is -2.26. The first-order valence-corrected chi connectivity index (χ1v) is 6.38. The summed E-state index contributed by atoms with van der Waals surface area (Å²) in [6, 6.07) is 0. The summed E-state index contributed by atoms with van der Waals surface area (Å²) in [5, 5.41) is 3.37. The van der Waals surface area contributed by atoms with Crippen LogP contribution in [0.3, 0.4) is 0 Å². The minimum Gasteiger partial charge on any atom is -0.319 e. The molecule has 2 atom stereocenters. The summed E-state index contributed by atoms with van der Waals surface area (Å²) in [6.07, 6.45) is 8.77. The summed E-state index contributed by atoms with van der Waals surface area (Å²) in [5.74, 6) is 2.81. The fourth-order valence-corrected chi connectivity index (χ4v) is 2.91. The van der Waals surface area contributed by atoms with Crippen LogP contribution in [-0.4, -0.2) is 13.6 Å². The molecule has 0 aromatic carbocycles. The number of hydrogen-bond donors (Lipinski definition) is 1. The molecule has 1 heteroatoms. The summed E-state index contributed by atoms with van der Waals surface area (Å²) in [5.41, 5.74) is 0. The van der Waals surface area contributed by atoms with Crippen LogP contribution in [0.2, 0.25) is 0 Å². The zero-order valence-electron chi connectivity index (χ0n) is 10.2. The molecule has 0 bridgehead atoms. The SMILES string of the molecule is CNCC1CCCCCC1CC(C)C. The summed E-state index contributed by atoms with van der Waals surface area (Å²) >= 11 is 0. The predicted octanol–water partition coefficient (Wildman–Crippen LogP) is 3.45. The van der Waals surface area contributed by atoms with Gasteiger partial charge in [0.05, 0.1) is 0 Å². The predicted molar refractivity (Wildman–Crippen MR) is 63.4 cm³/mol. The summed E-state index contributed by atoms with van der Waals surface area (Å²) in [6.45, 7) is 5.96. The van der Waals surface area contributed by atoms with Crippen molar-refractivity contribution < 1.29 is 0 Å². The van der Waals surface area contributed by atoms with E-state index in [2.05, 4.69) is 26.2 Å². The zero-order valence-corrected chi connectivity index (χ0v) is 10.2. The normalized spacial score (nSPS) is 29.1. The average Bonchev–Trinajstić information content (AvgIpc) is 2.32. The number of nitrogens with one attached hydrogen (secondary N) is 1. The smallest absolute Gasteiger partial charge is 0.00209 e. The van der Waals surface area contributed by atoms with Gasteiger partial charge in [-0.25, -0.2) is 0 Å². The van der Waals surface area contributed by atoms with E-state index in [9.17, 15) is 0 Å². The van der Waals surface area contributed by atoms with Crippen LogP contribution in [0.5, 0.6) is 0 Å². The molecule has 1 N–H and O–H groups in total. The Hall–Kier alpha value is -0.0400. The molecule has 0 aromatic rings. The van der Waals surface area contributed by atoms with Gasteiger partial charge in [-0.05, 0) is 44.2 Å². The third-order valence-corrected chi connectivity index (χ3v) is 3.56. The van der Waals surface area contributed by atoms with Gasteiger partial charge in [0.1, 0.15) is 0 Å². The molecular weight excluding hydrogens is 170 g/mol. The van der Waals surface area contributed by atoms with Crippen LogP contribution in [0.4, 0.5) is 0 Å². The first-order chi connectivity index (χ1) is 6.74. The Morgan fingerprint density at radius 1 is 1.07 bits per heavy atom. The van der Waals surface area contributed by atoms with Gasteiger partial charge in [-0.3, -0.25) is 0 Å². The largest absolute Gasteiger partial charge is 0.319 e. The van der Waals surface area contributed by atoms with E-state index < -0.39 is 0 Å². The quantitative estimate of drug-likeness (QED) is 0.681. The van der Waals surface area contributed by atoms with Crippen LogP contribution in [0.25, 0.3) is 0 Å². The lowest BCUT2D eigenvalue weighted by Crippen LogP contribution is -2.26. The third kappa shape index (κ3) is 4.00. The fourth-order valence-electron chi connectivity index (χ4n) is 2.91. The fraction of sp³-hybridized carbons (Fsp3) is 1.00. The molecule has 1 fully saturated rings. The second-order valence-electron chi connectivity index (χ2n) is 5.35. The maximum absolute atomic E-state index is 3.37. The Bertz CT molecular complexity index is 142. The highest BCUT2D eigenvalue weighted by Crippen LogP contribution is 2.32. The van der Waals surface area contributed by atoms with Gasteiger partial charge in [0, 0.05) is 0 Å². The Labute approximate surface area is 89.7 Å². The van der Waals surface area contributed by atoms with Gasteiger partial charge in [-0.2, -0.15) is 0 Å². The van der Waals surface area contributed by atoms with Crippen LogP contribution >= 0.6 is 0 Å². The van der Waals surface area contributed by atoms with Crippen LogP contribution in [0, 0.1) is 17.8 Å². The Morgan fingerprint density at radius 3 is 2.29 bits per heavy atom. The van der Waals surface area contributed by atoms with E-state index in [1.807, 2.05) is 0 Å². The van der Waals surface area contributed by atoms with E-state index in [1.165, 1.54) is 45.1 Å². The van der Waals surface area contributed by atoms with Gasteiger partial charge in [0.25, 0.3) is 0 Å². The molecule has 0 saturated heterocycles. The topological polar surface area (TPSA) is 12.0 Å². The van der Waals surface area contributed by atoms with E-state index >= 15 is 0 Å². The maximum Gasteiger partial charge on any atom is -0.00209 e. The number of rotatable bonds is 4. The van der Waals surface area contributed by atoms with Crippen molar-refractivity contribution >= 4 is 0 Å². The molecule has 0 amide bonds. The van der Waals surface area contributed by atoms with Gasteiger partial charge in [0.2, 0.25) is 0 Å².